The molecule has 1 aliphatic rings. The summed E-state index contributed by atoms with van der Waals surface area (Å²) >= 11 is 1.46. The lowest BCUT2D eigenvalue weighted by Gasteiger charge is -2.31. The molecule has 2 aromatic rings. The zero-order chi connectivity index (χ0) is 18.2. The van der Waals surface area contributed by atoms with Crippen molar-refractivity contribution in [3.63, 3.8) is 0 Å². The van der Waals surface area contributed by atoms with Gasteiger partial charge in [-0.05, 0) is 39.2 Å². The first-order valence-electron chi connectivity index (χ1n) is 8.23. The van der Waals surface area contributed by atoms with Crippen LogP contribution in [0.3, 0.4) is 0 Å². The highest BCUT2D eigenvalue weighted by Crippen LogP contribution is 2.37. The molecule has 1 saturated carbocycles. The van der Waals surface area contributed by atoms with Gasteiger partial charge in [0.25, 0.3) is 5.91 Å². The van der Waals surface area contributed by atoms with E-state index in [-0.39, 0.29) is 18.7 Å². The van der Waals surface area contributed by atoms with E-state index in [0.29, 0.717) is 18.4 Å². The Balaban J connectivity index is 1.75. The van der Waals surface area contributed by atoms with Gasteiger partial charge in [0.1, 0.15) is 0 Å². The van der Waals surface area contributed by atoms with E-state index in [1.54, 1.807) is 12.3 Å². The molecule has 1 amide bonds. The Morgan fingerprint density at radius 2 is 2.12 bits per heavy atom. The normalized spacial score (nSPS) is 21.3. The lowest BCUT2D eigenvalue weighted by Crippen LogP contribution is -2.41. The van der Waals surface area contributed by atoms with E-state index >= 15 is 0 Å². The van der Waals surface area contributed by atoms with Crippen molar-refractivity contribution >= 4 is 17.2 Å². The smallest absolute Gasteiger partial charge is 0.349 e. The molecular formula is C17H20F3N3OS. The Bertz CT molecular complexity index is 752. The van der Waals surface area contributed by atoms with E-state index < -0.39 is 18.1 Å². The first-order chi connectivity index (χ1) is 11.8. The van der Waals surface area contributed by atoms with Crippen LogP contribution in [0.5, 0.6) is 0 Å². The Morgan fingerprint density at radius 3 is 2.76 bits per heavy atom. The van der Waals surface area contributed by atoms with Gasteiger partial charge in [-0.25, -0.2) is 4.98 Å². The zero-order valence-electron chi connectivity index (χ0n) is 14.1. The van der Waals surface area contributed by atoms with Crippen LogP contribution >= 0.6 is 11.3 Å². The Morgan fingerprint density at radius 1 is 1.36 bits per heavy atom. The average molecular weight is 371 g/mol. The van der Waals surface area contributed by atoms with Gasteiger partial charge >= 0.3 is 6.18 Å². The molecule has 25 heavy (non-hydrogen) atoms. The maximum Gasteiger partial charge on any atom is 0.391 e. The van der Waals surface area contributed by atoms with Crippen LogP contribution in [0.4, 0.5) is 13.2 Å². The molecule has 0 saturated heterocycles. The number of hydrogen-bond acceptors (Lipinski definition) is 3. The average Bonchev–Trinajstić information content (AvgIpc) is 3.14. The molecule has 8 heteroatoms. The van der Waals surface area contributed by atoms with E-state index in [1.165, 1.54) is 11.3 Å². The molecule has 0 aromatic carbocycles. The second kappa shape index (κ2) is 6.82. The van der Waals surface area contributed by atoms with Gasteiger partial charge in [-0.1, -0.05) is 6.42 Å². The van der Waals surface area contributed by atoms with E-state index in [9.17, 15) is 18.0 Å². The summed E-state index contributed by atoms with van der Waals surface area (Å²) in [6.07, 6.45) is -1.33. The molecule has 2 unspecified atom stereocenters. The third kappa shape index (κ3) is 3.73. The first-order valence-corrected chi connectivity index (χ1v) is 9.11. The molecule has 0 aliphatic heterocycles. The van der Waals surface area contributed by atoms with Crippen LogP contribution in [-0.2, 0) is 0 Å². The molecular weight excluding hydrogens is 351 g/mol. The largest absolute Gasteiger partial charge is 0.391 e. The topological polar surface area (TPSA) is 46.9 Å². The highest BCUT2D eigenvalue weighted by Gasteiger charge is 2.42. The van der Waals surface area contributed by atoms with Crippen molar-refractivity contribution in [3.8, 4) is 5.13 Å². The van der Waals surface area contributed by atoms with Gasteiger partial charge in [0.2, 0.25) is 0 Å². The molecule has 2 heterocycles. The van der Waals surface area contributed by atoms with Crippen LogP contribution in [0.15, 0.2) is 17.6 Å². The number of nitrogens with zero attached hydrogens (tertiary/aromatic N) is 2. The fourth-order valence-electron chi connectivity index (χ4n) is 3.49. The van der Waals surface area contributed by atoms with Crippen molar-refractivity contribution in [2.75, 3.05) is 0 Å². The van der Waals surface area contributed by atoms with Crippen molar-refractivity contribution in [1.82, 2.24) is 14.9 Å². The summed E-state index contributed by atoms with van der Waals surface area (Å²) in [5.41, 5.74) is 2.10. The molecule has 4 nitrogen and oxygen atoms in total. The molecule has 0 bridgehead atoms. The van der Waals surface area contributed by atoms with Crippen LogP contribution < -0.4 is 5.32 Å². The summed E-state index contributed by atoms with van der Waals surface area (Å²) < 4.78 is 40.7. The number of aryl methyl sites for hydroxylation is 1. The third-order valence-electron chi connectivity index (χ3n) is 4.76. The van der Waals surface area contributed by atoms with Crippen LogP contribution in [0.2, 0.25) is 0 Å². The molecule has 1 N–H and O–H groups in total. The number of nitrogens with one attached hydrogen (secondary N) is 1. The molecule has 0 radical (unpaired) electrons. The van der Waals surface area contributed by atoms with Crippen molar-refractivity contribution < 1.29 is 18.0 Å². The number of carbonyl (C=O) groups is 1. The monoisotopic (exact) mass is 371 g/mol. The van der Waals surface area contributed by atoms with Crippen molar-refractivity contribution in [2.24, 2.45) is 5.92 Å². The van der Waals surface area contributed by atoms with Gasteiger partial charge in [-0.3, -0.25) is 9.36 Å². The number of amides is 1. The minimum absolute atomic E-state index is 0.0412. The van der Waals surface area contributed by atoms with E-state index in [2.05, 4.69) is 10.3 Å². The Hall–Kier alpha value is -1.83. The number of rotatable bonds is 3. The van der Waals surface area contributed by atoms with Crippen LogP contribution in [-0.4, -0.2) is 27.7 Å². The fraction of sp³-hybridized carbons (Fsp3) is 0.529. The number of hydrogen-bond donors (Lipinski definition) is 1. The maximum atomic E-state index is 12.9. The van der Waals surface area contributed by atoms with Crippen LogP contribution in [0, 0.1) is 19.8 Å². The molecule has 1 aliphatic carbocycles. The summed E-state index contributed by atoms with van der Waals surface area (Å²) in [4.78, 5) is 16.9. The summed E-state index contributed by atoms with van der Waals surface area (Å²) in [7, 11) is 0. The Labute approximate surface area is 148 Å². The standard InChI is InChI=1S/C17H20F3N3OS/c1-10-8-14(11(2)23(10)16-21-6-7-25-16)15(24)22-13-5-3-4-12(9-13)17(18,19)20/h6-8,12-13H,3-5,9H2,1-2H3,(H,22,24). The minimum Gasteiger partial charge on any atom is -0.349 e. The van der Waals surface area contributed by atoms with E-state index in [4.69, 9.17) is 0 Å². The van der Waals surface area contributed by atoms with Crippen molar-refractivity contribution in [1.29, 1.82) is 0 Å². The molecule has 2 aromatic heterocycles. The van der Waals surface area contributed by atoms with E-state index in [1.807, 2.05) is 23.8 Å². The number of thiazole rings is 1. The lowest BCUT2D eigenvalue weighted by molar-refractivity contribution is -0.183. The van der Waals surface area contributed by atoms with Gasteiger partial charge in [-0.2, -0.15) is 13.2 Å². The zero-order valence-corrected chi connectivity index (χ0v) is 14.9. The van der Waals surface area contributed by atoms with Crippen molar-refractivity contribution in [2.45, 2.75) is 51.7 Å². The van der Waals surface area contributed by atoms with Crippen molar-refractivity contribution in [3.05, 3.63) is 34.6 Å². The lowest BCUT2D eigenvalue weighted by atomic mass is 9.85. The highest BCUT2D eigenvalue weighted by atomic mass is 32.1. The molecule has 136 valence electrons. The highest BCUT2D eigenvalue weighted by molar-refractivity contribution is 7.12. The molecule has 2 atom stereocenters. The summed E-state index contributed by atoms with van der Waals surface area (Å²) in [6, 6.07) is 1.33. The SMILES string of the molecule is Cc1cc(C(=O)NC2CCCC(C(F)(F)F)C2)c(C)n1-c1nccs1. The predicted molar refractivity (Wildman–Crippen MR) is 90.2 cm³/mol. The number of alkyl halides is 3. The minimum atomic E-state index is -4.19. The van der Waals surface area contributed by atoms with E-state index in [0.717, 1.165) is 16.5 Å². The summed E-state index contributed by atoms with van der Waals surface area (Å²) in [5, 5.41) is 5.42. The molecule has 3 rings (SSSR count). The summed E-state index contributed by atoms with van der Waals surface area (Å²) in [6.45, 7) is 3.70. The molecule has 0 spiro atoms. The quantitative estimate of drug-likeness (QED) is 0.869. The first kappa shape index (κ1) is 18.0. The third-order valence-corrected chi connectivity index (χ3v) is 5.52. The van der Waals surface area contributed by atoms with Gasteiger partial charge < -0.3 is 5.32 Å². The predicted octanol–water partition coefficient (Wildman–Crippen LogP) is 4.40. The number of carbonyl (C=O) groups excluding carboxylic acids is 1. The van der Waals surface area contributed by atoms with Gasteiger partial charge in [0.15, 0.2) is 5.13 Å². The van der Waals surface area contributed by atoms with Gasteiger partial charge in [0.05, 0.1) is 11.5 Å². The number of aromatic nitrogens is 2. The number of halogens is 3. The second-order valence-electron chi connectivity index (χ2n) is 6.51. The molecule has 1 fully saturated rings. The second-order valence-corrected chi connectivity index (χ2v) is 7.38. The van der Waals surface area contributed by atoms with Gasteiger partial charge in [0, 0.05) is 29.0 Å². The maximum absolute atomic E-state index is 12.9. The van der Waals surface area contributed by atoms with Crippen LogP contribution in [0.25, 0.3) is 5.13 Å². The van der Waals surface area contributed by atoms with Gasteiger partial charge in [-0.15, -0.1) is 11.3 Å². The van der Waals surface area contributed by atoms with Crippen LogP contribution in [0.1, 0.15) is 47.4 Å². The summed E-state index contributed by atoms with van der Waals surface area (Å²) in [5.74, 6) is -1.64. The fourth-order valence-corrected chi connectivity index (χ4v) is 4.25. The Kier molecular flexibility index (Phi) is 4.90.